The van der Waals surface area contributed by atoms with Crippen LogP contribution in [0.25, 0.3) is 0 Å². The number of anilines is 1. The van der Waals surface area contributed by atoms with Gasteiger partial charge in [0.15, 0.2) is 0 Å². The fraction of sp³-hybridized carbons (Fsp3) is 0.632. The maximum atomic E-state index is 12.6. The van der Waals surface area contributed by atoms with Crippen LogP contribution in [0.5, 0.6) is 0 Å². The molecule has 1 amide bonds. The van der Waals surface area contributed by atoms with Crippen LogP contribution in [-0.4, -0.2) is 26.0 Å². The molecule has 2 unspecified atom stereocenters. The summed E-state index contributed by atoms with van der Waals surface area (Å²) in [6.07, 6.45) is 3.11. The first-order valence-electron chi connectivity index (χ1n) is 8.56. The minimum atomic E-state index is 0.221. The molecule has 0 radical (unpaired) electrons. The van der Waals surface area contributed by atoms with Crippen molar-refractivity contribution in [2.45, 2.75) is 46.0 Å². The van der Waals surface area contributed by atoms with Gasteiger partial charge in [-0.05, 0) is 61.4 Å². The highest BCUT2D eigenvalue weighted by atomic mass is 16.2. The molecule has 0 bridgehead atoms. The molecule has 1 saturated heterocycles. The van der Waals surface area contributed by atoms with E-state index in [2.05, 4.69) is 38.2 Å². The average Bonchev–Trinajstić information content (AvgIpc) is 2.54. The molecular formula is C19H30N2O. The number of nitrogens with one attached hydrogen (secondary N) is 1. The number of carbonyl (C=O) groups is 1. The average molecular weight is 302 g/mol. The van der Waals surface area contributed by atoms with Gasteiger partial charge >= 0.3 is 0 Å². The third-order valence-electron chi connectivity index (χ3n) is 4.93. The third kappa shape index (κ3) is 4.33. The molecule has 1 N–H and O–H groups in total. The van der Waals surface area contributed by atoms with Gasteiger partial charge in [-0.2, -0.15) is 0 Å². The van der Waals surface area contributed by atoms with E-state index in [-0.39, 0.29) is 5.91 Å². The van der Waals surface area contributed by atoms with Crippen LogP contribution in [0.4, 0.5) is 5.69 Å². The van der Waals surface area contributed by atoms with Crippen LogP contribution >= 0.6 is 0 Å². The van der Waals surface area contributed by atoms with E-state index in [0.29, 0.717) is 24.2 Å². The van der Waals surface area contributed by atoms with Gasteiger partial charge in [-0.25, -0.2) is 0 Å². The standard InChI is InChI=1S/C19H30N2O/c1-14(2)16-7-5-9-18(12-16)21(4)19(22)11-15(3)17-8-6-10-20-13-17/h5,7,9,12,14-15,17,20H,6,8,10-11,13H2,1-4H3. The van der Waals surface area contributed by atoms with Gasteiger partial charge in [0, 0.05) is 19.2 Å². The predicted molar refractivity (Wildman–Crippen MR) is 93.3 cm³/mol. The highest BCUT2D eigenvalue weighted by Crippen LogP contribution is 2.25. The van der Waals surface area contributed by atoms with Crippen LogP contribution in [0.1, 0.15) is 51.5 Å². The van der Waals surface area contributed by atoms with Crippen molar-refractivity contribution < 1.29 is 4.79 Å². The minimum absolute atomic E-state index is 0.221. The van der Waals surface area contributed by atoms with E-state index >= 15 is 0 Å². The van der Waals surface area contributed by atoms with Crippen molar-refractivity contribution in [3.8, 4) is 0 Å². The Morgan fingerprint density at radius 3 is 2.77 bits per heavy atom. The van der Waals surface area contributed by atoms with Crippen LogP contribution in [0.3, 0.4) is 0 Å². The Bertz CT molecular complexity index is 492. The molecular weight excluding hydrogens is 272 g/mol. The Morgan fingerprint density at radius 2 is 2.14 bits per heavy atom. The van der Waals surface area contributed by atoms with Crippen molar-refractivity contribution in [3.63, 3.8) is 0 Å². The van der Waals surface area contributed by atoms with Crippen molar-refractivity contribution in [1.29, 1.82) is 0 Å². The van der Waals surface area contributed by atoms with Gasteiger partial charge in [-0.15, -0.1) is 0 Å². The second-order valence-corrected chi connectivity index (χ2v) is 6.99. The molecule has 0 aliphatic carbocycles. The fourth-order valence-corrected chi connectivity index (χ4v) is 3.18. The number of hydrogen-bond acceptors (Lipinski definition) is 2. The lowest BCUT2D eigenvalue weighted by Crippen LogP contribution is -2.36. The van der Waals surface area contributed by atoms with Crippen LogP contribution in [0.2, 0.25) is 0 Å². The first-order valence-corrected chi connectivity index (χ1v) is 8.56. The number of hydrogen-bond donors (Lipinski definition) is 1. The van der Waals surface area contributed by atoms with Gasteiger partial charge in [0.2, 0.25) is 5.91 Å². The Balaban J connectivity index is 1.97. The van der Waals surface area contributed by atoms with E-state index in [0.717, 1.165) is 18.8 Å². The molecule has 122 valence electrons. The Morgan fingerprint density at radius 1 is 1.36 bits per heavy atom. The molecule has 1 aliphatic rings. The summed E-state index contributed by atoms with van der Waals surface area (Å²) in [5, 5.41) is 3.44. The van der Waals surface area contributed by atoms with E-state index in [1.54, 1.807) is 0 Å². The molecule has 1 aromatic rings. The lowest BCUT2D eigenvalue weighted by atomic mass is 9.85. The second kappa shape index (κ2) is 7.77. The quantitative estimate of drug-likeness (QED) is 0.897. The summed E-state index contributed by atoms with van der Waals surface area (Å²) >= 11 is 0. The molecule has 0 aromatic heterocycles. The van der Waals surface area contributed by atoms with Gasteiger partial charge < -0.3 is 10.2 Å². The molecule has 0 saturated carbocycles. The highest BCUT2D eigenvalue weighted by Gasteiger charge is 2.23. The van der Waals surface area contributed by atoms with E-state index < -0.39 is 0 Å². The summed E-state index contributed by atoms with van der Waals surface area (Å²) < 4.78 is 0. The summed E-state index contributed by atoms with van der Waals surface area (Å²) in [7, 11) is 1.90. The number of amides is 1. The molecule has 1 fully saturated rings. The van der Waals surface area contributed by atoms with E-state index in [9.17, 15) is 4.79 Å². The Labute approximate surface area is 135 Å². The third-order valence-corrected chi connectivity index (χ3v) is 4.93. The molecule has 3 heteroatoms. The molecule has 2 atom stereocenters. The number of nitrogens with zero attached hydrogens (tertiary/aromatic N) is 1. The van der Waals surface area contributed by atoms with Crippen molar-refractivity contribution >= 4 is 11.6 Å². The first kappa shape index (κ1) is 17.0. The second-order valence-electron chi connectivity index (χ2n) is 6.99. The molecule has 1 aliphatic heterocycles. The normalized spacial score (nSPS) is 20.0. The van der Waals surface area contributed by atoms with Crippen LogP contribution in [0, 0.1) is 11.8 Å². The van der Waals surface area contributed by atoms with Gasteiger partial charge in [0.25, 0.3) is 0 Å². The zero-order valence-electron chi connectivity index (χ0n) is 14.4. The van der Waals surface area contributed by atoms with Gasteiger partial charge in [-0.1, -0.05) is 32.9 Å². The largest absolute Gasteiger partial charge is 0.316 e. The summed E-state index contributed by atoms with van der Waals surface area (Å²) in [4.78, 5) is 14.4. The maximum Gasteiger partial charge on any atom is 0.226 e. The van der Waals surface area contributed by atoms with Gasteiger partial charge in [0.1, 0.15) is 0 Å². The zero-order chi connectivity index (χ0) is 16.1. The van der Waals surface area contributed by atoms with Crippen LogP contribution in [0.15, 0.2) is 24.3 Å². The molecule has 0 spiro atoms. The first-order chi connectivity index (χ1) is 10.5. The number of rotatable bonds is 5. The predicted octanol–water partition coefficient (Wildman–Crippen LogP) is 3.80. The monoisotopic (exact) mass is 302 g/mol. The number of piperidine rings is 1. The topological polar surface area (TPSA) is 32.3 Å². The maximum absolute atomic E-state index is 12.6. The molecule has 2 rings (SSSR count). The summed E-state index contributed by atoms with van der Waals surface area (Å²) in [6, 6.07) is 8.33. The molecule has 22 heavy (non-hydrogen) atoms. The molecule has 1 heterocycles. The summed E-state index contributed by atoms with van der Waals surface area (Å²) in [5.41, 5.74) is 2.28. The summed E-state index contributed by atoms with van der Waals surface area (Å²) in [6.45, 7) is 8.76. The highest BCUT2D eigenvalue weighted by molar-refractivity contribution is 5.93. The van der Waals surface area contributed by atoms with Crippen LogP contribution < -0.4 is 10.2 Å². The lowest BCUT2D eigenvalue weighted by Gasteiger charge is -2.29. The van der Waals surface area contributed by atoms with E-state index in [4.69, 9.17) is 0 Å². The molecule has 3 nitrogen and oxygen atoms in total. The lowest BCUT2D eigenvalue weighted by molar-refractivity contribution is -0.119. The van der Waals surface area contributed by atoms with E-state index in [1.165, 1.54) is 18.4 Å². The molecule has 1 aromatic carbocycles. The zero-order valence-corrected chi connectivity index (χ0v) is 14.4. The van der Waals surface area contributed by atoms with Gasteiger partial charge in [-0.3, -0.25) is 4.79 Å². The Hall–Kier alpha value is -1.35. The number of carbonyl (C=O) groups excluding carboxylic acids is 1. The van der Waals surface area contributed by atoms with Gasteiger partial charge in [0.05, 0.1) is 0 Å². The summed E-state index contributed by atoms with van der Waals surface area (Å²) in [5.74, 6) is 1.78. The van der Waals surface area contributed by atoms with E-state index in [1.807, 2.05) is 24.1 Å². The SMILES string of the molecule is CC(C)c1cccc(N(C)C(=O)CC(C)C2CCCNC2)c1. The van der Waals surface area contributed by atoms with Crippen molar-refractivity contribution in [2.24, 2.45) is 11.8 Å². The minimum Gasteiger partial charge on any atom is -0.316 e. The number of benzene rings is 1. The smallest absolute Gasteiger partial charge is 0.226 e. The van der Waals surface area contributed by atoms with Crippen molar-refractivity contribution in [1.82, 2.24) is 5.32 Å². The fourth-order valence-electron chi connectivity index (χ4n) is 3.18. The van der Waals surface area contributed by atoms with Crippen LogP contribution in [-0.2, 0) is 4.79 Å². The van der Waals surface area contributed by atoms with Crippen molar-refractivity contribution in [3.05, 3.63) is 29.8 Å². The Kier molecular flexibility index (Phi) is 6.01. The van der Waals surface area contributed by atoms with Crippen molar-refractivity contribution in [2.75, 3.05) is 25.0 Å².